The second-order valence-electron chi connectivity index (χ2n) is 12.3. The lowest BCUT2D eigenvalue weighted by atomic mass is 9.78. The number of quaternary nitrogens is 2. The van der Waals surface area contributed by atoms with Crippen molar-refractivity contribution in [3.63, 3.8) is 0 Å². The van der Waals surface area contributed by atoms with Crippen LogP contribution in [0.2, 0.25) is 0 Å². The number of carboxylic acid groups (broad SMARTS) is 1. The van der Waals surface area contributed by atoms with Crippen LogP contribution >= 0.6 is 0 Å². The number of amides is 1. The molecule has 202 valence electrons. The zero-order valence-corrected chi connectivity index (χ0v) is 22.6. The van der Waals surface area contributed by atoms with Crippen LogP contribution in [-0.2, 0) is 16.0 Å². The number of carbonyl (C=O) groups excluding carboxylic acids is 1. The first-order valence-electron chi connectivity index (χ1n) is 13.9. The van der Waals surface area contributed by atoms with Crippen molar-refractivity contribution in [2.75, 3.05) is 59.5 Å². The number of nitrogens with zero attached hydrogens (tertiary/aromatic N) is 3. The second kappa shape index (κ2) is 9.07. The number of aliphatic hydroxyl groups is 1. The molecule has 2 N–H and O–H groups in total. The number of rotatable bonds is 8. The number of aliphatic hydroxyl groups excluding tert-OH is 1. The van der Waals surface area contributed by atoms with Gasteiger partial charge in [0.05, 0.1) is 31.7 Å². The molecule has 8 nitrogen and oxygen atoms in total. The predicted octanol–water partition coefficient (Wildman–Crippen LogP) is 2.25. The highest BCUT2D eigenvalue weighted by Crippen LogP contribution is 2.47. The van der Waals surface area contributed by atoms with Gasteiger partial charge in [-0.1, -0.05) is 37.3 Å². The number of hydrogen-bond donors (Lipinski definition) is 2. The lowest BCUT2D eigenvalue weighted by Crippen LogP contribution is -2.73. The molecule has 0 spiro atoms. The van der Waals surface area contributed by atoms with Crippen molar-refractivity contribution in [2.45, 2.75) is 32.4 Å². The maximum Gasteiger partial charge on any atom is 0.352 e. The van der Waals surface area contributed by atoms with Gasteiger partial charge in [-0.3, -0.25) is 4.79 Å². The first-order valence-corrected chi connectivity index (χ1v) is 13.9. The topological polar surface area (TPSA) is 87.1 Å². The van der Waals surface area contributed by atoms with Crippen LogP contribution in [0.25, 0.3) is 10.8 Å². The van der Waals surface area contributed by atoms with Gasteiger partial charge in [0.1, 0.15) is 57.3 Å². The van der Waals surface area contributed by atoms with Gasteiger partial charge in [0.2, 0.25) is 5.91 Å². The average Bonchev–Trinajstić information content (AvgIpc) is 3.14. The molecule has 0 unspecified atom stereocenters. The highest BCUT2D eigenvalue weighted by molar-refractivity contribution is 6.00. The van der Waals surface area contributed by atoms with Gasteiger partial charge in [0, 0.05) is 23.3 Å². The van der Waals surface area contributed by atoms with E-state index in [-0.39, 0.29) is 30.2 Å². The summed E-state index contributed by atoms with van der Waals surface area (Å²) >= 11 is 0. The maximum absolute atomic E-state index is 12.6. The van der Waals surface area contributed by atoms with Gasteiger partial charge in [0.25, 0.3) is 0 Å². The van der Waals surface area contributed by atoms with Crippen molar-refractivity contribution in [3.8, 4) is 5.75 Å². The van der Waals surface area contributed by atoms with Crippen LogP contribution < -0.4 is 4.74 Å². The van der Waals surface area contributed by atoms with E-state index in [0.717, 1.165) is 24.1 Å². The normalized spacial score (nSPS) is 32.9. The van der Waals surface area contributed by atoms with E-state index in [9.17, 15) is 19.8 Å². The molecule has 8 heteroatoms. The SMILES string of the molecule is C[C@@H](O)[C@H]1C(=O)N2C(C(=O)O)=C(COc3cccc4c(CC[N+]56CC[N+](C)(CC5)CC6)cccc34)[C@H](C)[C@H]12. The van der Waals surface area contributed by atoms with Gasteiger partial charge in [-0.15, -0.1) is 0 Å². The molecule has 2 aromatic carbocycles. The summed E-state index contributed by atoms with van der Waals surface area (Å²) in [5.41, 5.74) is 1.93. The summed E-state index contributed by atoms with van der Waals surface area (Å²) in [4.78, 5) is 26.1. The van der Waals surface area contributed by atoms with Crippen LogP contribution in [0.3, 0.4) is 0 Å². The second-order valence-corrected chi connectivity index (χ2v) is 12.3. The zero-order valence-electron chi connectivity index (χ0n) is 22.6. The number of fused-ring (bicyclic) bond motifs is 5. The fourth-order valence-electron chi connectivity index (χ4n) is 7.40. The molecule has 0 saturated carbocycles. The Balaban J connectivity index is 1.22. The summed E-state index contributed by atoms with van der Waals surface area (Å²) in [6.45, 7) is 12.4. The molecule has 4 fully saturated rings. The van der Waals surface area contributed by atoms with Crippen LogP contribution in [0.4, 0.5) is 0 Å². The summed E-state index contributed by atoms with van der Waals surface area (Å²) in [5, 5.41) is 22.2. The Labute approximate surface area is 223 Å². The molecule has 5 aliphatic heterocycles. The minimum atomic E-state index is -1.13. The third-order valence-corrected chi connectivity index (χ3v) is 10.1. The number of piperazine rings is 3. The van der Waals surface area contributed by atoms with E-state index in [4.69, 9.17) is 4.74 Å². The molecule has 7 rings (SSSR count). The van der Waals surface area contributed by atoms with Crippen molar-refractivity contribution in [1.82, 2.24) is 4.90 Å². The van der Waals surface area contributed by atoms with Gasteiger partial charge in [-0.05, 0) is 23.9 Å². The molecule has 4 saturated heterocycles. The Morgan fingerprint density at radius 1 is 1.08 bits per heavy atom. The van der Waals surface area contributed by atoms with Crippen molar-refractivity contribution >= 4 is 22.6 Å². The summed E-state index contributed by atoms with van der Waals surface area (Å²) in [5.74, 6) is -1.50. The quantitative estimate of drug-likeness (QED) is 0.411. The number of aliphatic carboxylic acids is 1. The summed E-state index contributed by atoms with van der Waals surface area (Å²) < 4.78 is 8.76. The summed E-state index contributed by atoms with van der Waals surface area (Å²) in [6, 6.07) is 12.1. The molecule has 0 radical (unpaired) electrons. The summed E-state index contributed by atoms with van der Waals surface area (Å²) in [7, 11) is 2.40. The Morgan fingerprint density at radius 2 is 1.74 bits per heavy atom. The molecular formula is C30H39N3O5+2. The Morgan fingerprint density at radius 3 is 2.39 bits per heavy atom. The van der Waals surface area contributed by atoms with E-state index >= 15 is 0 Å². The maximum atomic E-state index is 12.6. The molecule has 4 atom stereocenters. The van der Waals surface area contributed by atoms with Crippen LogP contribution in [0.1, 0.15) is 19.4 Å². The molecule has 2 bridgehead atoms. The number of benzene rings is 2. The van der Waals surface area contributed by atoms with Gasteiger partial charge in [-0.2, -0.15) is 0 Å². The van der Waals surface area contributed by atoms with Crippen LogP contribution in [0.5, 0.6) is 5.75 Å². The molecule has 5 aliphatic rings. The van der Waals surface area contributed by atoms with E-state index in [1.54, 1.807) is 6.92 Å². The van der Waals surface area contributed by atoms with E-state index < -0.39 is 18.0 Å². The van der Waals surface area contributed by atoms with Crippen molar-refractivity contribution in [1.29, 1.82) is 0 Å². The number of likely N-dealkylation sites (N-methyl/N-ethyl adjacent to an activating group) is 1. The zero-order chi connectivity index (χ0) is 26.8. The highest BCUT2D eigenvalue weighted by atomic mass is 16.5. The molecule has 5 heterocycles. The Kier molecular flexibility index (Phi) is 6.05. The minimum Gasteiger partial charge on any atom is -0.488 e. The molecule has 1 amide bonds. The third-order valence-electron chi connectivity index (χ3n) is 10.1. The number of β-lactam (4-membered cyclic amide) rings is 1. The highest BCUT2D eigenvalue weighted by Gasteiger charge is 2.59. The lowest BCUT2D eigenvalue weighted by molar-refractivity contribution is -1.07. The van der Waals surface area contributed by atoms with Gasteiger partial charge >= 0.3 is 5.97 Å². The van der Waals surface area contributed by atoms with E-state index in [0.29, 0.717) is 5.57 Å². The van der Waals surface area contributed by atoms with E-state index in [2.05, 4.69) is 31.3 Å². The van der Waals surface area contributed by atoms with Crippen LogP contribution in [0.15, 0.2) is 47.7 Å². The fraction of sp³-hybridized carbons (Fsp3) is 0.533. The number of carboxylic acids is 1. The van der Waals surface area contributed by atoms with Gasteiger partial charge in [0.15, 0.2) is 0 Å². The molecule has 38 heavy (non-hydrogen) atoms. The van der Waals surface area contributed by atoms with Gasteiger partial charge < -0.3 is 28.8 Å². The number of hydrogen-bond acceptors (Lipinski definition) is 4. The Hall–Kier alpha value is -2.94. The lowest BCUT2D eigenvalue weighted by Gasteiger charge is -2.54. The average molecular weight is 522 g/mol. The van der Waals surface area contributed by atoms with E-state index in [1.165, 1.54) is 64.1 Å². The van der Waals surface area contributed by atoms with Crippen molar-refractivity contribution in [2.24, 2.45) is 11.8 Å². The molecule has 0 aromatic heterocycles. The molecular weight excluding hydrogens is 482 g/mol. The summed E-state index contributed by atoms with van der Waals surface area (Å²) in [6.07, 6.45) is 0.206. The van der Waals surface area contributed by atoms with Gasteiger partial charge in [-0.25, -0.2) is 4.79 Å². The van der Waals surface area contributed by atoms with Crippen molar-refractivity contribution < 1.29 is 33.5 Å². The molecule has 0 aliphatic carbocycles. The molecule has 2 aromatic rings. The third kappa shape index (κ3) is 3.92. The van der Waals surface area contributed by atoms with Crippen molar-refractivity contribution in [3.05, 3.63) is 53.2 Å². The fourth-order valence-corrected chi connectivity index (χ4v) is 7.40. The Bertz CT molecular complexity index is 1310. The first kappa shape index (κ1) is 25.3. The monoisotopic (exact) mass is 521 g/mol. The van der Waals surface area contributed by atoms with E-state index in [1.807, 2.05) is 19.1 Å². The number of carbonyl (C=O) groups is 2. The standard InChI is InChI=1S/C30H38N3O5/c1-19-24(28(30(36)37)31-27(19)26(20(2)34)29(31)35)18-38-25-9-5-7-22-21(6-4-8-23(22)25)10-11-33-15-12-32(3,13-16-33)14-17-33/h4-9,19-20,26-27,34H,10-18H2,1-3H3/q+1/p+1/t19-,20+,26+,27+,32?,33?/m0/s1. The first-order chi connectivity index (χ1) is 18.1. The van der Waals surface area contributed by atoms with Crippen LogP contribution in [-0.4, -0.2) is 108 Å². The largest absolute Gasteiger partial charge is 0.488 e. The minimum absolute atomic E-state index is 0.0111. The predicted molar refractivity (Wildman–Crippen MR) is 143 cm³/mol. The number of ether oxygens (including phenoxy) is 1. The smallest absolute Gasteiger partial charge is 0.352 e. The van der Waals surface area contributed by atoms with Crippen LogP contribution in [0, 0.1) is 11.8 Å².